The molecule has 0 aromatic carbocycles. The molecule has 1 aliphatic heterocycles. The van der Waals surface area contributed by atoms with Gasteiger partial charge in [0.25, 0.3) is 0 Å². The molecule has 7 heteroatoms. The highest BCUT2D eigenvalue weighted by atomic mass is 16.6. The molecule has 0 spiro atoms. The Labute approximate surface area is 164 Å². The van der Waals surface area contributed by atoms with Gasteiger partial charge >= 0.3 is 0 Å². The van der Waals surface area contributed by atoms with E-state index in [0.29, 0.717) is 18.5 Å². The molecule has 0 unspecified atom stereocenters. The lowest BCUT2D eigenvalue weighted by Crippen LogP contribution is -2.52. The number of hydrogen-bond donors (Lipinski definition) is 1. The topological polar surface area (TPSA) is 74.1 Å². The summed E-state index contributed by atoms with van der Waals surface area (Å²) in [5.74, 6) is 0.590. The second-order valence-corrected chi connectivity index (χ2v) is 8.26. The molecule has 0 amide bonds. The quantitative estimate of drug-likeness (QED) is 0.735. The van der Waals surface area contributed by atoms with Crippen LogP contribution in [-0.4, -0.2) is 51.1 Å². The van der Waals surface area contributed by atoms with Crippen LogP contribution < -0.4 is 10.1 Å². The van der Waals surface area contributed by atoms with Crippen LogP contribution in [-0.2, 0) is 4.74 Å². The van der Waals surface area contributed by atoms with Gasteiger partial charge in [0.2, 0.25) is 5.88 Å². The van der Waals surface area contributed by atoms with Gasteiger partial charge in [-0.15, -0.1) is 0 Å². The Hall–Kier alpha value is -2.51. The summed E-state index contributed by atoms with van der Waals surface area (Å²) >= 11 is 0. The van der Waals surface area contributed by atoms with Crippen LogP contribution in [0.4, 0.5) is 0 Å². The lowest BCUT2D eigenvalue weighted by atomic mass is 10.1. The third-order valence-electron chi connectivity index (χ3n) is 5.20. The second-order valence-electron chi connectivity index (χ2n) is 8.26. The molecule has 3 aromatic rings. The van der Waals surface area contributed by atoms with Gasteiger partial charge in [0.15, 0.2) is 0 Å². The zero-order valence-electron chi connectivity index (χ0n) is 16.3. The molecule has 5 rings (SSSR count). The van der Waals surface area contributed by atoms with Crippen molar-refractivity contribution in [3.8, 4) is 17.1 Å². The van der Waals surface area contributed by atoms with Crippen LogP contribution >= 0.6 is 0 Å². The second kappa shape index (κ2) is 6.83. The van der Waals surface area contributed by atoms with Crippen LogP contribution in [0.5, 0.6) is 5.88 Å². The van der Waals surface area contributed by atoms with E-state index in [9.17, 15) is 0 Å². The van der Waals surface area contributed by atoms with E-state index in [1.807, 2.05) is 29.1 Å². The molecular formula is C21H25N5O2. The maximum absolute atomic E-state index is 6.14. The maximum Gasteiger partial charge on any atom is 0.223 e. The van der Waals surface area contributed by atoms with Gasteiger partial charge in [-0.05, 0) is 44.9 Å². The number of ether oxygens (including phenoxy) is 2. The van der Waals surface area contributed by atoms with Crippen molar-refractivity contribution in [3.63, 3.8) is 0 Å². The number of morpholine rings is 1. The minimum absolute atomic E-state index is 0.0152. The predicted octanol–water partition coefficient (Wildman–Crippen LogP) is 2.97. The fourth-order valence-electron chi connectivity index (χ4n) is 3.65. The summed E-state index contributed by atoms with van der Waals surface area (Å²) in [4.78, 5) is 9.30. The van der Waals surface area contributed by atoms with E-state index in [2.05, 4.69) is 35.4 Å². The van der Waals surface area contributed by atoms with Crippen LogP contribution in [0.3, 0.4) is 0 Å². The Morgan fingerprint density at radius 2 is 2.25 bits per heavy atom. The molecule has 4 heterocycles. The summed E-state index contributed by atoms with van der Waals surface area (Å²) in [6.45, 7) is 6.23. The molecule has 1 saturated heterocycles. The number of fused-ring (bicyclic) bond motifs is 1. The molecule has 0 bridgehead atoms. The molecule has 3 aromatic heterocycles. The van der Waals surface area contributed by atoms with Crippen molar-refractivity contribution >= 4 is 10.9 Å². The zero-order valence-corrected chi connectivity index (χ0v) is 16.3. The maximum atomic E-state index is 6.14. The van der Waals surface area contributed by atoms with Crippen LogP contribution in [0.25, 0.3) is 22.2 Å². The Kier molecular flexibility index (Phi) is 4.29. The molecule has 0 radical (unpaired) electrons. The fourth-order valence-corrected chi connectivity index (χ4v) is 3.65. The van der Waals surface area contributed by atoms with Crippen LogP contribution in [0.1, 0.15) is 32.7 Å². The fraction of sp³-hybridized carbons (Fsp3) is 0.476. The van der Waals surface area contributed by atoms with Gasteiger partial charge < -0.3 is 14.8 Å². The first kappa shape index (κ1) is 17.6. The average molecular weight is 379 g/mol. The lowest BCUT2D eigenvalue weighted by Gasteiger charge is -2.36. The van der Waals surface area contributed by atoms with Crippen LogP contribution in [0.15, 0.2) is 36.8 Å². The highest BCUT2D eigenvalue weighted by Crippen LogP contribution is 2.35. The summed E-state index contributed by atoms with van der Waals surface area (Å²) < 4.78 is 14.3. The first-order valence-electron chi connectivity index (χ1n) is 9.89. The average Bonchev–Trinajstić information content (AvgIpc) is 3.42. The zero-order chi connectivity index (χ0) is 19.1. The molecule has 146 valence electrons. The van der Waals surface area contributed by atoms with Crippen LogP contribution in [0, 0.1) is 0 Å². The molecule has 2 aliphatic rings. The Bertz CT molecular complexity index is 995. The third-order valence-corrected chi connectivity index (χ3v) is 5.20. The van der Waals surface area contributed by atoms with Gasteiger partial charge in [-0.25, -0.2) is 4.98 Å². The summed E-state index contributed by atoms with van der Waals surface area (Å²) in [6.07, 6.45) is 8.12. The number of nitrogens with zero attached hydrogens (tertiary/aromatic N) is 4. The SMILES string of the molecule is CC1(C)CNC[C@@H](COc2nc(-c3cnn(C4CC4)c3)cc3ncccc23)O1. The molecule has 1 atom stereocenters. The van der Waals surface area contributed by atoms with Gasteiger partial charge in [-0.1, -0.05) is 0 Å². The molecule has 1 aliphatic carbocycles. The smallest absolute Gasteiger partial charge is 0.223 e. The first-order valence-corrected chi connectivity index (χ1v) is 9.89. The van der Waals surface area contributed by atoms with Crippen molar-refractivity contribution in [2.45, 2.75) is 44.4 Å². The van der Waals surface area contributed by atoms with Crippen molar-refractivity contribution in [1.29, 1.82) is 0 Å². The third kappa shape index (κ3) is 3.59. The number of aromatic nitrogens is 4. The minimum Gasteiger partial charge on any atom is -0.474 e. The predicted molar refractivity (Wildman–Crippen MR) is 106 cm³/mol. The van der Waals surface area contributed by atoms with Gasteiger partial charge in [0.1, 0.15) is 12.7 Å². The lowest BCUT2D eigenvalue weighted by molar-refractivity contribution is -0.107. The van der Waals surface area contributed by atoms with E-state index >= 15 is 0 Å². The van der Waals surface area contributed by atoms with Crippen molar-refractivity contribution in [2.75, 3.05) is 19.7 Å². The monoisotopic (exact) mass is 379 g/mol. The van der Waals surface area contributed by atoms with Crippen molar-refractivity contribution in [2.24, 2.45) is 0 Å². The molecule has 1 N–H and O–H groups in total. The highest BCUT2D eigenvalue weighted by Gasteiger charge is 2.29. The molecule has 2 fully saturated rings. The van der Waals surface area contributed by atoms with E-state index in [-0.39, 0.29) is 11.7 Å². The van der Waals surface area contributed by atoms with E-state index in [1.165, 1.54) is 12.8 Å². The molecule has 1 saturated carbocycles. The van der Waals surface area contributed by atoms with Gasteiger partial charge in [0.05, 0.1) is 34.4 Å². The van der Waals surface area contributed by atoms with E-state index in [4.69, 9.17) is 14.5 Å². The summed E-state index contributed by atoms with van der Waals surface area (Å²) in [6, 6.07) is 6.44. The van der Waals surface area contributed by atoms with Crippen LogP contribution in [0.2, 0.25) is 0 Å². The largest absolute Gasteiger partial charge is 0.474 e. The number of pyridine rings is 2. The van der Waals surface area contributed by atoms with E-state index in [1.54, 1.807) is 6.20 Å². The number of nitrogens with one attached hydrogen (secondary N) is 1. The van der Waals surface area contributed by atoms with Crippen molar-refractivity contribution in [1.82, 2.24) is 25.1 Å². The highest BCUT2D eigenvalue weighted by molar-refractivity contribution is 5.86. The Morgan fingerprint density at radius 1 is 1.36 bits per heavy atom. The standard InChI is InChI=1S/C21H25N5O2/c1-21(2)13-22-10-16(28-21)12-27-20-17-4-3-7-23-19(17)8-18(25-20)14-9-24-26(11-14)15-5-6-15/h3-4,7-9,11,15-16,22H,5-6,10,12-13H2,1-2H3/t16-/m0/s1. The van der Waals surface area contributed by atoms with Gasteiger partial charge in [0, 0.05) is 31.0 Å². The number of rotatable bonds is 5. The van der Waals surface area contributed by atoms with E-state index in [0.717, 1.165) is 35.2 Å². The first-order chi connectivity index (χ1) is 13.6. The Balaban J connectivity index is 1.43. The normalized spacial score (nSPS) is 21.7. The van der Waals surface area contributed by atoms with Crippen molar-refractivity contribution < 1.29 is 9.47 Å². The minimum atomic E-state index is -0.192. The summed E-state index contributed by atoms with van der Waals surface area (Å²) in [7, 11) is 0. The van der Waals surface area contributed by atoms with E-state index < -0.39 is 0 Å². The number of hydrogen-bond acceptors (Lipinski definition) is 6. The summed E-state index contributed by atoms with van der Waals surface area (Å²) in [5.41, 5.74) is 2.49. The molecular weight excluding hydrogens is 354 g/mol. The molecule has 7 nitrogen and oxygen atoms in total. The Morgan fingerprint density at radius 3 is 3.07 bits per heavy atom. The molecule has 28 heavy (non-hydrogen) atoms. The van der Waals surface area contributed by atoms with Crippen molar-refractivity contribution in [3.05, 3.63) is 36.8 Å². The van der Waals surface area contributed by atoms with Gasteiger partial charge in [-0.2, -0.15) is 5.10 Å². The van der Waals surface area contributed by atoms with Gasteiger partial charge in [-0.3, -0.25) is 9.67 Å². The summed E-state index contributed by atoms with van der Waals surface area (Å²) in [5, 5.41) is 8.80.